The zero-order valence-electron chi connectivity index (χ0n) is 35.1. The number of carbonyl (C=O) groups excluding carboxylic acids is 3. The van der Waals surface area contributed by atoms with Crippen molar-refractivity contribution in [2.75, 3.05) is 39.1 Å². The number of ether oxygens (including phenoxy) is 3. The molecule has 59 heavy (non-hydrogen) atoms. The van der Waals surface area contributed by atoms with Crippen LogP contribution in [0.3, 0.4) is 0 Å². The molecular formula is C43H58N8O8. The standard InChI is InChI=1S/C43H58N8O8/c1-9-27-22-43(27,40(54)55)47-38(52)33-20-30(23-50(33)39(53)37(42(4,5)6)46-41(56)59-29-17-25-16-26(25)18-29)58-34-21-36(51-13-12-35(48-51)44-24(2)3)45-32-19-28(10-11-31(32)34)57-15-14-49(7)8/h9-13,19,21,24-27,29-30,33,37H,1,14-18,20,22-23H2,2-8H3,(H,44,48)(H,46,56)(H,47,52)(H,54,55)/t25?,26?,27?,29?,30-,33?,37-,43-/m1/s1. The molecule has 4 fully saturated rings. The van der Waals surface area contributed by atoms with Crippen LogP contribution in [-0.4, -0.2) is 123 Å². The van der Waals surface area contributed by atoms with Crippen LogP contribution < -0.4 is 25.4 Å². The van der Waals surface area contributed by atoms with E-state index >= 15 is 0 Å². The number of carbonyl (C=O) groups is 4. The third-order valence-electron chi connectivity index (χ3n) is 11.8. The second kappa shape index (κ2) is 16.3. The minimum absolute atomic E-state index is 0.0216. The lowest BCUT2D eigenvalue weighted by atomic mass is 9.85. The molecule has 3 heterocycles. The molecule has 0 spiro atoms. The number of anilines is 1. The number of likely N-dealkylation sites (N-methyl/N-ethyl adjacent to an activating group) is 1. The fourth-order valence-electron chi connectivity index (χ4n) is 8.38. The Morgan fingerprint density at radius 2 is 1.81 bits per heavy atom. The van der Waals surface area contributed by atoms with Gasteiger partial charge in [0.05, 0.1) is 12.1 Å². The normalized spacial score (nSPS) is 26.3. The number of carboxylic acids is 1. The molecule has 0 bridgehead atoms. The van der Waals surface area contributed by atoms with E-state index in [0.29, 0.717) is 52.5 Å². The Balaban J connectivity index is 1.19. The first kappa shape index (κ1) is 41.8. The van der Waals surface area contributed by atoms with Crippen LogP contribution in [0.5, 0.6) is 11.5 Å². The lowest BCUT2D eigenvalue weighted by Crippen LogP contribution is -2.59. The van der Waals surface area contributed by atoms with E-state index in [1.54, 1.807) is 16.9 Å². The van der Waals surface area contributed by atoms with Gasteiger partial charge in [0.25, 0.3) is 0 Å². The Bertz CT molecular complexity index is 2090. The molecule has 4 N–H and O–H groups in total. The number of pyridine rings is 1. The highest BCUT2D eigenvalue weighted by molar-refractivity contribution is 5.96. The minimum atomic E-state index is -1.52. The fraction of sp³-hybridized carbons (Fsp3) is 0.581. The largest absolute Gasteiger partial charge is 0.492 e. The van der Waals surface area contributed by atoms with Crippen LogP contribution in [0.2, 0.25) is 0 Å². The van der Waals surface area contributed by atoms with Gasteiger partial charge < -0.3 is 45.1 Å². The van der Waals surface area contributed by atoms with Crippen LogP contribution in [0.25, 0.3) is 16.7 Å². The molecule has 0 radical (unpaired) electrons. The number of likely N-dealkylation sites (tertiary alicyclic amines) is 1. The predicted octanol–water partition coefficient (Wildman–Crippen LogP) is 4.61. The number of carboxylic acid groups (broad SMARTS) is 1. The van der Waals surface area contributed by atoms with Crippen LogP contribution in [-0.2, 0) is 19.1 Å². The van der Waals surface area contributed by atoms with Crippen molar-refractivity contribution in [3.8, 4) is 17.3 Å². The molecule has 1 aliphatic heterocycles. The Kier molecular flexibility index (Phi) is 11.6. The Morgan fingerprint density at radius 3 is 2.46 bits per heavy atom. The summed E-state index contributed by atoms with van der Waals surface area (Å²) in [6.45, 7) is 14.5. The summed E-state index contributed by atoms with van der Waals surface area (Å²) in [5, 5.41) is 24.4. The SMILES string of the molecule is C=CC1C[C@]1(NC(=O)C1C[C@@H](Oc2cc(-n3ccc(NC(C)C)n3)nc3cc(OCCN(C)C)ccc23)CN1C(=O)[C@@H](NC(=O)OC1CC2CC2C1)C(C)(C)C)C(=O)O. The van der Waals surface area contributed by atoms with E-state index in [4.69, 9.17) is 19.2 Å². The second-order valence-electron chi connectivity index (χ2n) is 18.2. The number of alkyl carbamates (subject to hydrolysis) is 1. The summed E-state index contributed by atoms with van der Waals surface area (Å²) in [6.07, 6.45) is 4.78. The summed E-state index contributed by atoms with van der Waals surface area (Å²) in [5.74, 6) is 0.650. The van der Waals surface area contributed by atoms with Crippen LogP contribution in [0.15, 0.2) is 49.2 Å². The van der Waals surface area contributed by atoms with Gasteiger partial charge in [-0.25, -0.2) is 19.3 Å². The van der Waals surface area contributed by atoms with Gasteiger partial charge in [0.1, 0.15) is 53.8 Å². The maximum Gasteiger partial charge on any atom is 0.408 e. The molecule has 3 aromatic rings. The fourth-order valence-corrected chi connectivity index (χ4v) is 8.38. The van der Waals surface area contributed by atoms with Crippen molar-refractivity contribution >= 4 is 40.6 Å². The summed E-state index contributed by atoms with van der Waals surface area (Å²) in [7, 11) is 3.95. The van der Waals surface area contributed by atoms with Crippen molar-refractivity contribution < 1.29 is 38.5 Å². The zero-order chi connectivity index (χ0) is 42.4. The molecule has 16 heteroatoms. The highest BCUT2D eigenvalue weighted by Crippen LogP contribution is 2.52. The van der Waals surface area contributed by atoms with Gasteiger partial charge in [0.2, 0.25) is 11.8 Å². The van der Waals surface area contributed by atoms with Gasteiger partial charge in [-0.1, -0.05) is 26.8 Å². The smallest absolute Gasteiger partial charge is 0.408 e. The van der Waals surface area contributed by atoms with Gasteiger partial charge in [-0.2, -0.15) is 0 Å². The summed E-state index contributed by atoms with van der Waals surface area (Å²) >= 11 is 0. The molecule has 318 valence electrons. The van der Waals surface area contributed by atoms with Crippen molar-refractivity contribution in [3.63, 3.8) is 0 Å². The average Bonchev–Trinajstić information content (AvgIpc) is 3.83. The molecule has 2 aromatic heterocycles. The van der Waals surface area contributed by atoms with Gasteiger partial charge in [-0.3, -0.25) is 9.59 Å². The first-order valence-corrected chi connectivity index (χ1v) is 20.6. The van der Waals surface area contributed by atoms with Crippen molar-refractivity contribution in [2.24, 2.45) is 23.2 Å². The van der Waals surface area contributed by atoms with Gasteiger partial charge in [0.15, 0.2) is 5.82 Å². The number of aromatic nitrogens is 3. The third kappa shape index (κ3) is 9.27. The minimum Gasteiger partial charge on any atom is -0.492 e. The summed E-state index contributed by atoms with van der Waals surface area (Å²) in [6, 6.07) is 7.14. The molecule has 7 atom stereocenters. The van der Waals surface area contributed by atoms with E-state index < -0.39 is 58.9 Å². The number of hydrogen-bond acceptors (Lipinski definition) is 11. The molecule has 3 aliphatic carbocycles. The topological polar surface area (TPSA) is 189 Å². The summed E-state index contributed by atoms with van der Waals surface area (Å²) in [4.78, 5) is 63.0. The molecule has 3 saturated carbocycles. The molecule has 4 aliphatic rings. The second-order valence-corrected chi connectivity index (χ2v) is 18.2. The van der Waals surface area contributed by atoms with Crippen molar-refractivity contribution in [2.45, 2.75) is 103 Å². The number of rotatable bonds is 16. The number of nitrogens with zero attached hydrogens (tertiary/aromatic N) is 5. The average molecular weight is 815 g/mol. The number of benzene rings is 1. The van der Waals surface area contributed by atoms with E-state index in [9.17, 15) is 24.3 Å². The highest BCUT2D eigenvalue weighted by Gasteiger charge is 2.61. The molecule has 1 saturated heterocycles. The number of hydrogen-bond donors (Lipinski definition) is 4. The van der Waals surface area contributed by atoms with Gasteiger partial charge in [-0.05, 0) is 83.0 Å². The molecular weight excluding hydrogens is 757 g/mol. The number of nitrogens with one attached hydrogen (secondary N) is 3. The van der Waals surface area contributed by atoms with Crippen LogP contribution >= 0.6 is 0 Å². The maximum atomic E-state index is 14.7. The lowest BCUT2D eigenvalue weighted by Gasteiger charge is -2.35. The molecule has 16 nitrogen and oxygen atoms in total. The van der Waals surface area contributed by atoms with Crippen LogP contribution in [0.4, 0.5) is 10.6 Å². The number of aliphatic carboxylic acids is 1. The first-order chi connectivity index (χ1) is 27.9. The molecule has 7 rings (SSSR count). The van der Waals surface area contributed by atoms with Gasteiger partial charge >= 0.3 is 12.1 Å². The van der Waals surface area contributed by atoms with E-state index in [2.05, 4.69) is 27.6 Å². The third-order valence-corrected chi connectivity index (χ3v) is 11.8. The zero-order valence-corrected chi connectivity index (χ0v) is 35.1. The molecule has 4 unspecified atom stereocenters. The number of amides is 3. The maximum absolute atomic E-state index is 14.7. The van der Waals surface area contributed by atoms with E-state index in [0.717, 1.165) is 19.4 Å². The van der Waals surface area contributed by atoms with Crippen molar-refractivity contribution in [1.82, 2.24) is 35.2 Å². The first-order valence-electron chi connectivity index (χ1n) is 20.6. The van der Waals surface area contributed by atoms with Crippen LogP contribution in [0, 0.1) is 23.2 Å². The lowest BCUT2D eigenvalue weighted by molar-refractivity contribution is -0.146. The van der Waals surface area contributed by atoms with E-state index in [1.165, 1.54) is 17.4 Å². The Morgan fingerprint density at radius 1 is 1.07 bits per heavy atom. The van der Waals surface area contributed by atoms with Crippen LogP contribution in [0.1, 0.15) is 66.7 Å². The summed E-state index contributed by atoms with van der Waals surface area (Å²) in [5.41, 5.74) is -1.72. The highest BCUT2D eigenvalue weighted by atomic mass is 16.6. The molecule has 3 amide bonds. The van der Waals surface area contributed by atoms with E-state index in [1.807, 2.05) is 77.9 Å². The Labute approximate surface area is 345 Å². The van der Waals surface area contributed by atoms with E-state index in [-0.39, 0.29) is 31.5 Å². The quantitative estimate of drug-likeness (QED) is 0.147. The van der Waals surface area contributed by atoms with Gasteiger partial charge in [0, 0.05) is 54.7 Å². The number of fused-ring (bicyclic) bond motifs is 2. The Hall–Kier alpha value is -5.38. The predicted molar refractivity (Wildman–Crippen MR) is 220 cm³/mol. The van der Waals surface area contributed by atoms with Crippen molar-refractivity contribution in [1.29, 1.82) is 0 Å². The summed E-state index contributed by atoms with van der Waals surface area (Å²) < 4.78 is 20.2. The van der Waals surface area contributed by atoms with Gasteiger partial charge in [-0.15, -0.1) is 11.7 Å². The monoisotopic (exact) mass is 814 g/mol. The molecule has 1 aromatic carbocycles. The van der Waals surface area contributed by atoms with Crippen molar-refractivity contribution in [3.05, 3.63) is 49.2 Å².